The number of rotatable bonds is 7. The van der Waals surface area contributed by atoms with Gasteiger partial charge in [0.2, 0.25) is 0 Å². The van der Waals surface area contributed by atoms with Crippen molar-refractivity contribution in [1.29, 1.82) is 0 Å². The molecule has 0 aliphatic rings. The van der Waals surface area contributed by atoms with E-state index in [-0.39, 0.29) is 13.1 Å². The fourth-order valence-electron chi connectivity index (χ4n) is 1.91. The zero-order chi connectivity index (χ0) is 16.3. The molecule has 0 aromatic heterocycles. The molecule has 0 saturated carbocycles. The van der Waals surface area contributed by atoms with Crippen LogP contribution in [0.2, 0.25) is 5.02 Å². The van der Waals surface area contributed by atoms with E-state index in [1.807, 2.05) is 0 Å². The van der Waals surface area contributed by atoms with Crippen LogP contribution in [0.4, 0.5) is 0 Å². The molecule has 0 aliphatic carbocycles. The molecule has 0 amide bonds. The molecule has 7 heteroatoms. The molecule has 21 heavy (non-hydrogen) atoms. The minimum Gasteiger partial charge on any atom is -0.389 e. The summed E-state index contributed by atoms with van der Waals surface area (Å²) in [6.07, 6.45) is 0. The molecule has 0 atom stereocenters. The lowest BCUT2D eigenvalue weighted by Crippen LogP contribution is -2.47. The number of nitrogens with zero attached hydrogens (tertiary/aromatic N) is 2. The fourth-order valence-corrected chi connectivity index (χ4v) is 3.55. The van der Waals surface area contributed by atoms with Gasteiger partial charge in [0.25, 0.3) is 10.2 Å². The Balaban J connectivity index is 2.87. The Morgan fingerprint density at radius 2 is 1.76 bits per heavy atom. The summed E-state index contributed by atoms with van der Waals surface area (Å²) in [6.45, 7) is 5.53. The first kappa shape index (κ1) is 18.4. The van der Waals surface area contributed by atoms with Gasteiger partial charge >= 0.3 is 0 Å². The Labute approximate surface area is 132 Å². The highest BCUT2D eigenvalue weighted by molar-refractivity contribution is 7.86. The van der Waals surface area contributed by atoms with Gasteiger partial charge in [0, 0.05) is 31.7 Å². The van der Waals surface area contributed by atoms with Gasteiger partial charge in [-0.3, -0.25) is 0 Å². The highest BCUT2D eigenvalue weighted by atomic mass is 35.5. The van der Waals surface area contributed by atoms with Crippen molar-refractivity contribution in [2.24, 2.45) is 0 Å². The summed E-state index contributed by atoms with van der Waals surface area (Å²) in [7, 11) is -2.09. The van der Waals surface area contributed by atoms with E-state index in [9.17, 15) is 13.5 Å². The van der Waals surface area contributed by atoms with Crippen LogP contribution in [0.5, 0.6) is 0 Å². The lowest BCUT2D eigenvalue weighted by Gasteiger charge is -2.30. The van der Waals surface area contributed by atoms with E-state index in [1.54, 1.807) is 45.0 Å². The molecule has 0 bridgehead atoms. The second kappa shape index (κ2) is 7.07. The monoisotopic (exact) mass is 334 g/mol. The molecular weight excluding hydrogens is 312 g/mol. The number of benzene rings is 1. The zero-order valence-corrected chi connectivity index (χ0v) is 14.4. The van der Waals surface area contributed by atoms with Crippen LogP contribution in [0.3, 0.4) is 0 Å². The molecule has 0 heterocycles. The standard InChI is InChI=1S/C14H23ClN2O3S/c1-5-17(11-14(2,3)18)21(19,20)16(4)10-12-6-8-13(15)9-7-12/h6-9,18H,5,10-11H2,1-4H3. The third-order valence-corrected chi connectivity index (χ3v) is 5.16. The van der Waals surface area contributed by atoms with Crippen molar-refractivity contribution >= 4 is 21.8 Å². The first-order valence-electron chi connectivity index (χ1n) is 6.74. The SMILES string of the molecule is CCN(CC(C)(C)O)S(=O)(=O)N(C)Cc1ccc(Cl)cc1. The van der Waals surface area contributed by atoms with E-state index in [0.717, 1.165) is 5.56 Å². The van der Waals surface area contributed by atoms with E-state index in [2.05, 4.69) is 0 Å². The van der Waals surface area contributed by atoms with Crippen molar-refractivity contribution in [2.75, 3.05) is 20.1 Å². The zero-order valence-electron chi connectivity index (χ0n) is 12.9. The topological polar surface area (TPSA) is 60.9 Å². The van der Waals surface area contributed by atoms with Gasteiger partial charge in [-0.25, -0.2) is 0 Å². The molecule has 1 N–H and O–H groups in total. The van der Waals surface area contributed by atoms with Gasteiger partial charge < -0.3 is 5.11 Å². The van der Waals surface area contributed by atoms with Crippen LogP contribution in [-0.2, 0) is 16.8 Å². The molecule has 0 fully saturated rings. The molecule has 1 aromatic rings. The second-order valence-electron chi connectivity index (χ2n) is 5.63. The molecular formula is C14H23ClN2O3S. The Hall–Kier alpha value is -0.660. The van der Waals surface area contributed by atoms with E-state index < -0.39 is 15.8 Å². The fraction of sp³-hybridized carbons (Fsp3) is 0.571. The van der Waals surface area contributed by atoms with Gasteiger partial charge in [-0.1, -0.05) is 30.7 Å². The Morgan fingerprint density at radius 1 is 1.24 bits per heavy atom. The average Bonchev–Trinajstić information content (AvgIpc) is 2.37. The molecule has 5 nitrogen and oxygen atoms in total. The van der Waals surface area contributed by atoms with Crippen molar-refractivity contribution in [3.8, 4) is 0 Å². The van der Waals surface area contributed by atoms with Crippen molar-refractivity contribution < 1.29 is 13.5 Å². The highest BCUT2D eigenvalue weighted by Gasteiger charge is 2.30. The maximum atomic E-state index is 12.5. The largest absolute Gasteiger partial charge is 0.389 e. The minimum atomic E-state index is -3.62. The van der Waals surface area contributed by atoms with E-state index in [4.69, 9.17) is 11.6 Å². The van der Waals surface area contributed by atoms with Gasteiger partial charge in [-0.05, 0) is 31.5 Å². The Bertz CT molecular complexity index is 553. The predicted molar refractivity (Wildman–Crippen MR) is 85.4 cm³/mol. The van der Waals surface area contributed by atoms with Crippen LogP contribution >= 0.6 is 11.6 Å². The smallest absolute Gasteiger partial charge is 0.282 e. The second-order valence-corrected chi connectivity index (χ2v) is 8.10. The lowest BCUT2D eigenvalue weighted by atomic mass is 10.1. The van der Waals surface area contributed by atoms with Crippen molar-refractivity contribution in [2.45, 2.75) is 32.9 Å². The van der Waals surface area contributed by atoms with Gasteiger partial charge in [-0.2, -0.15) is 17.0 Å². The maximum Gasteiger partial charge on any atom is 0.282 e. The van der Waals surface area contributed by atoms with Crippen LogP contribution in [-0.4, -0.2) is 47.9 Å². The average molecular weight is 335 g/mol. The normalized spacial score (nSPS) is 13.1. The van der Waals surface area contributed by atoms with E-state index in [0.29, 0.717) is 11.6 Å². The highest BCUT2D eigenvalue weighted by Crippen LogP contribution is 2.16. The van der Waals surface area contributed by atoms with Gasteiger partial charge in [0.05, 0.1) is 5.60 Å². The first-order valence-corrected chi connectivity index (χ1v) is 8.52. The Morgan fingerprint density at radius 3 is 2.19 bits per heavy atom. The third kappa shape index (κ3) is 5.56. The van der Waals surface area contributed by atoms with E-state index in [1.165, 1.54) is 15.7 Å². The van der Waals surface area contributed by atoms with Crippen molar-refractivity contribution in [3.05, 3.63) is 34.9 Å². The predicted octanol–water partition coefficient (Wildman–Crippen LogP) is 2.11. The summed E-state index contributed by atoms with van der Waals surface area (Å²) in [4.78, 5) is 0. The molecule has 1 rings (SSSR count). The number of aliphatic hydroxyl groups is 1. The van der Waals surface area contributed by atoms with E-state index >= 15 is 0 Å². The molecule has 0 unspecified atom stereocenters. The minimum absolute atomic E-state index is 0.0524. The van der Waals surface area contributed by atoms with Crippen LogP contribution in [0, 0.1) is 0 Å². The summed E-state index contributed by atoms with van der Waals surface area (Å²) in [5, 5.41) is 10.5. The summed E-state index contributed by atoms with van der Waals surface area (Å²) in [6, 6.07) is 7.04. The summed E-state index contributed by atoms with van der Waals surface area (Å²) in [5.41, 5.74) is -0.228. The Kier molecular flexibility index (Phi) is 6.19. The summed E-state index contributed by atoms with van der Waals surface area (Å²) < 4.78 is 27.6. The maximum absolute atomic E-state index is 12.5. The lowest BCUT2D eigenvalue weighted by molar-refractivity contribution is 0.0587. The first-order chi connectivity index (χ1) is 9.56. The van der Waals surface area contributed by atoms with Crippen molar-refractivity contribution in [3.63, 3.8) is 0 Å². The molecule has 0 radical (unpaired) electrons. The quantitative estimate of drug-likeness (QED) is 0.830. The van der Waals surface area contributed by atoms with Crippen LogP contribution in [0.1, 0.15) is 26.3 Å². The molecule has 120 valence electrons. The van der Waals surface area contributed by atoms with Gasteiger partial charge in [0.15, 0.2) is 0 Å². The summed E-state index contributed by atoms with van der Waals surface area (Å²) in [5.74, 6) is 0. The molecule has 0 saturated heterocycles. The molecule has 0 spiro atoms. The summed E-state index contributed by atoms with van der Waals surface area (Å²) >= 11 is 5.82. The van der Waals surface area contributed by atoms with Gasteiger partial charge in [-0.15, -0.1) is 0 Å². The van der Waals surface area contributed by atoms with Crippen LogP contribution < -0.4 is 0 Å². The number of hydrogen-bond acceptors (Lipinski definition) is 3. The molecule has 1 aromatic carbocycles. The van der Waals surface area contributed by atoms with Gasteiger partial charge in [0.1, 0.15) is 0 Å². The number of likely N-dealkylation sites (N-methyl/N-ethyl adjacent to an activating group) is 1. The third-order valence-electron chi connectivity index (χ3n) is 2.95. The van der Waals surface area contributed by atoms with Crippen LogP contribution in [0.15, 0.2) is 24.3 Å². The van der Waals surface area contributed by atoms with Crippen LogP contribution in [0.25, 0.3) is 0 Å². The molecule has 0 aliphatic heterocycles. The number of hydrogen-bond donors (Lipinski definition) is 1. The van der Waals surface area contributed by atoms with Crippen molar-refractivity contribution in [1.82, 2.24) is 8.61 Å². The number of halogens is 1.